The highest BCUT2D eigenvalue weighted by Crippen LogP contribution is 2.41. The van der Waals surface area contributed by atoms with Crippen LogP contribution in [0.15, 0.2) is 54.6 Å². The third-order valence-corrected chi connectivity index (χ3v) is 3.35. The molecule has 18 heavy (non-hydrogen) atoms. The summed E-state index contributed by atoms with van der Waals surface area (Å²) in [6.07, 6.45) is -0.526. The molecule has 0 amide bonds. The van der Waals surface area contributed by atoms with Gasteiger partial charge < -0.3 is 4.74 Å². The molecule has 0 N–H and O–H groups in total. The van der Waals surface area contributed by atoms with E-state index in [4.69, 9.17) is 16.3 Å². The number of ether oxygens (including phenoxy) is 1. The SMILES string of the molecule is O=C(c1ccccc1Cl)C1OC1c1ccccc1. The third kappa shape index (κ3) is 2.05. The molecule has 1 aliphatic rings. The quantitative estimate of drug-likeness (QED) is 0.621. The average molecular weight is 259 g/mol. The predicted molar refractivity (Wildman–Crippen MR) is 69.8 cm³/mol. The van der Waals surface area contributed by atoms with Crippen LogP contribution in [0.25, 0.3) is 0 Å². The van der Waals surface area contributed by atoms with Crippen LogP contribution in [0.2, 0.25) is 5.02 Å². The normalized spacial score (nSPS) is 21.6. The molecule has 0 aliphatic carbocycles. The van der Waals surface area contributed by atoms with Crippen LogP contribution in [0.1, 0.15) is 22.0 Å². The molecule has 1 aliphatic heterocycles. The van der Waals surface area contributed by atoms with Crippen LogP contribution in [0, 0.1) is 0 Å². The van der Waals surface area contributed by atoms with E-state index in [0.717, 1.165) is 5.56 Å². The van der Waals surface area contributed by atoms with Crippen LogP contribution >= 0.6 is 11.6 Å². The first kappa shape index (κ1) is 11.5. The molecule has 1 saturated heterocycles. The second kappa shape index (κ2) is 4.56. The molecular weight excluding hydrogens is 248 g/mol. The molecule has 3 rings (SSSR count). The Bertz CT molecular complexity index is 580. The number of hydrogen-bond acceptors (Lipinski definition) is 2. The summed E-state index contributed by atoms with van der Waals surface area (Å²) in [6, 6.07) is 16.8. The Hall–Kier alpha value is -1.64. The monoisotopic (exact) mass is 258 g/mol. The highest BCUT2D eigenvalue weighted by Gasteiger charge is 2.46. The van der Waals surface area contributed by atoms with Crippen LogP contribution in [0.5, 0.6) is 0 Å². The van der Waals surface area contributed by atoms with Crippen LogP contribution in [-0.2, 0) is 4.74 Å². The zero-order valence-electron chi connectivity index (χ0n) is 9.55. The van der Waals surface area contributed by atoms with E-state index in [1.807, 2.05) is 36.4 Å². The summed E-state index contributed by atoms with van der Waals surface area (Å²) in [5, 5.41) is 0.477. The van der Waals surface area contributed by atoms with Crippen LogP contribution < -0.4 is 0 Å². The largest absolute Gasteiger partial charge is 0.356 e. The summed E-state index contributed by atoms with van der Waals surface area (Å²) >= 11 is 6.01. The Morgan fingerprint density at radius 1 is 1.00 bits per heavy atom. The Kier molecular flexibility index (Phi) is 2.90. The zero-order valence-corrected chi connectivity index (χ0v) is 10.3. The van der Waals surface area contributed by atoms with E-state index < -0.39 is 6.10 Å². The highest BCUT2D eigenvalue weighted by atomic mass is 35.5. The molecular formula is C15H11ClO2. The van der Waals surface area contributed by atoms with Gasteiger partial charge in [0.05, 0.1) is 5.02 Å². The number of carbonyl (C=O) groups excluding carboxylic acids is 1. The second-order valence-electron chi connectivity index (χ2n) is 4.23. The van der Waals surface area contributed by atoms with E-state index >= 15 is 0 Å². The maximum absolute atomic E-state index is 12.2. The summed E-state index contributed by atoms with van der Waals surface area (Å²) < 4.78 is 5.47. The van der Waals surface area contributed by atoms with Crippen molar-refractivity contribution < 1.29 is 9.53 Å². The van der Waals surface area contributed by atoms with Gasteiger partial charge in [-0.05, 0) is 17.7 Å². The maximum Gasteiger partial charge on any atom is 0.196 e. The number of rotatable bonds is 3. The first-order chi connectivity index (χ1) is 8.77. The van der Waals surface area contributed by atoms with E-state index in [2.05, 4.69) is 0 Å². The van der Waals surface area contributed by atoms with Gasteiger partial charge in [0.25, 0.3) is 0 Å². The van der Waals surface area contributed by atoms with E-state index in [9.17, 15) is 4.79 Å². The molecule has 2 unspecified atom stereocenters. The molecule has 2 atom stereocenters. The van der Waals surface area contributed by atoms with Crippen molar-refractivity contribution in [2.45, 2.75) is 12.2 Å². The third-order valence-electron chi connectivity index (χ3n) is 3.02. The van der Waals surface area contributed by atoms with Gasteiger partial charge in [0, 0.05) is 5.56 Å². The number of epoxide rings is 1. The van der Waals surface area contributed by atoms with Gasteiger partial charge in [-0.25, -0.2) is 0 Å². The Morgan fingerprint density at radius 3 is 2.39 bits per heavy atom. The first-order valence-electron chi connectivity index (χ1n) is 5.76. The Morgan fingerprint density at radius 2 is 1.67 bits per heavy atom. The smallest absolute Gasteiger partial charge is 0.196 e. The van der Waals surface area contributed by atoms with Crippen molar-refractivity contribution in [2.75, 3.05) is 0 Å². The minimum Gasteiger partial charge on any atom is -0.356 e. The molecule has 0 spiro atoms. The Balaban J connectivity index is 1.80. The van der Waals surface area contributed by atoms with Crippen molar-refractivity contribution in [3.05, 3.63) is 70.7 Å². The topological polar surface area (TPSA) is 29.6 Å². The van der Waals surface area contributed by atoms with Gasteiger partial charge in [0.15, 0.2) is 11.9 Å². The number of benzene rings is 2. The molecule has 3 heteroatoms. The van der Waals surface area contributed by atoms with E-state index in [-0.39, 0.29) is 11.9 Å². The lowest BCUT2D eigenvalue weighted by Gasteiger charge is -2.00. The fourth-order valence-electron chi connectivity index (χ4n) is 2.02. The van der Waals surface area contributed by atoms with Gasteiger partial charge in [-0.3, -0.25) is 4.79 Å². The average Bonchev–Trinajstić information content (AvgIpc) is 3.20. The number of halogens is 1. The lowest BCUT2D eigenvalue weighted by molar-refractivity contribution is 0.0954. The first-order valence-corrected chi connectivity index (χ1v) is 6.14. The summed E-state index contributed by atoms with van der Waals surface area (Å²) in [5.74, 6) is -0.0468. The number of Topliss-reactive ketones (excluding diaryl/α,β-unsaturated/α-hetero) is 1. The molecule has 2 nitrogen and oxygen atoms in total. The molecule has 0 radical (unpaired) electrons. The molecule has 0 saturated carbocycles. The molecule has 1 fully saturated rings. The number of hydrogen-bond donors (Lipinski definition) is 0. The summed E-state index contributed by atoms with van der Waals surface area (Å²) in [5.41, 5.74) is 1.56. The maximum atomic E-state index is 12.2. The molecule has 2 aromatic carbocycles. The summed E-state index contributed by atoms with van der Waals surface area (Å²) in [6.45, 7) is 0. The van der Waals surface area contributed by atoms with E-state index in [0.29, 0.717) is 10.6 Å². The van der Waals surface area contributed by atoms with Crippen molar-refractivity contribution in [1.82, 2.24) is 0 Å². The lowest BCUT2D eigenvalue weighted by Crippen LogP contribution is -2.08. The van der Waals surface area contributed by atoms with Gasteiger partial charge in [-0.15, -0.1) is 0 Å². The zero-order chi connectivity index (χ0) is 12.5. The predicted octanol–water partition coefficient (Wildman–Crippen LogP) is 3.66. The van der Waals surface area contributed by atoms with Crippen molar-refractivity contribution in [3.63, 3.8) is 0 Å². The summed E-state index contributed by atoms with van der Waals surface area (Å²) in [4.78, 5) is 12.2. The van der Waals surface area contributed by atoms with E-state index in [1.165, 1.54) is 0 Å². The van der Waals surface area contributed by atoms with E-state index in [1.54, 1.807) is 18.2 Å². The van der Waals surface area contributed by atoms with Gasteiger partial charge in [-0.1, -0.05) is 54.1 Å². The Labute approximate surface area is 110 Å². The highest BCUT2D eigenvalue weighted by molar-refractivity contribution is 6.34. The van der Waals surface area contributed by atoms with Crippen LogP contribution in [0.3, 0.4) is 0 Å². The fourth-order valence-corrected chi connectivity index (χ4v) is 2.25. The minimum absolute atomic E-state index is 0.0468. The lowest BCUT2D eigenvalue weighted by atomic mass is 10.0. The number of ketones is 1. The molecule has 1 heterocycles. The number of carbonyl (C=O) groups is 1. The van der Waals surface area contributed by atoms with Crippen LogP contribution in [-0.4, -0.2) is 11.9 Å². The summed E-state index contributed by atoms with van der Waals surface area (Å²) in [7, 11) is 0. The van der Waals surface area contributed by atoms with Gasteiger partial charge in [-0.2, -0.15) is 0 Å². The molecule has 0 bridgehead atoms. The molecule has 0 aromatic heterocycles. The standard InChI is InChI=1S/C15H11ClO2/c16-12-9-5-4-8-11(12)13(17)15-14(18-15)10-6-2-1-3-7-10/h1-9,14-15H. The van der Waals surface area contributed by atoms with Crippen molar-refractivity contribution >= 4 is 17.4 Å². The van der Waals surface area contributed by atoms with Crippen LogP contribution in [0.4, 0.5) is 0 Å². The van der Waals surface area contributed by atoms with Crippen molar-refractivity contribution in [3.8, 4) is 0 Å². The van der Waals surface area contributed by atoms with Crippen molar-refractivity contribution in [1.29, 1.82) is 0 Å². The van der Waals surface area contributed by atoms with Crippen molar-refractivity contribution in [2.24, 2.45) is 0 Å². The molecule has 2 aromatic rings. The minimum atomic E-state index is -0.396. The van der Waals surface area contributed by atoms with Gasteiger partial charge in [0.2, 0.25) is 0 Å². The fraction of sp³-hybridized carbons (Fsp3) is 0.133. The van der Waals surface area contributed by atoms with Gasteiger partial charge in [0.1, 0.15) is 6.10 Å². The van der Waals surface area contributed by atoms with Gasteiger partial charge >= 0.3 is 0 Å². The second-order valence-corrected chi connectivity index (χ2v) is 4.64. The molecule has 90 valence electrons.